The van der Waals surface area contributed by atoms with E-state index in [0.29, 0.717) is 0 Å². The van der Waals surface area contributed by atoms with Gasteiger partial charge in [-0.1, -0.05) is 5.16 Å². The second kappa shape index (κ2) is 6.19. The molecule has 1 aliphatic rings. The van der Waals surface area contributed by atoms with Crippen LogP contribution in [0.15, 0.2) is 4.52 Å². The van der Waals surface area contributed by atoms with E-state index in [-0.39, 0.29) is 30.3 Å². The predicted molar refractivity (Wildman–Crippen MR) is 70.5 cm³/mol. The lowest BCUT2D eigenvalue weighted by atomic mass is 10.2. The highest BCUT2D eigenvalue weighted by Gasteiger charge is 2.25. The van der Waals surface area contributed by atoms with Gasteiger partial charge in [0.05, 0.1) is 18.7 Å². The third kappa shape index (κ3) is 3.26. The van der Waals surface area contributed by atoms with Gasteiger partial charge in [-0.3, -0.25) is 0 Å². The Bertz CT molecular complexity index is 462. The Labute approximate surface area is 117 Å². The van der Waals surface area contributed by atoms with Gasteiger partial charge in [0, 0.05) is 12.6 Å². The van der Waals surface area contributed by atoms with Crippen molar-refractivity contribution < 1.29 is 14.4 Å². The SMILES string of the molecule is CC(O)C(N)c1noc(CNC(=O)N2CCCC2C)n1. The molecule has 0 radical (unpaired) electrons. The predicted octanol–water partition coefficient (Wildman–Crippen LogP) is 0.144. The second-order valence-corrected chi connectivity index (χ2v) is 5.16. The molecular formula is C12H21N5O3. The zero-order valence-corrected chi connectivity index (χ0v) is 11.7. The zero-order chi connectivity index (χ0) is 14.7. The minimum Gasteiger partial charge on any atom is -0.391 e. The van der Waals surface area contributed by atoms with Gasteiger partial charge in [0.25, 0.3) is 0 Å². The van der Waals surface area contributed by atoms with Crippen LogP contribution in [0.4, 0.5) is 4.79 Å². The van der Waals surface area contributed by atoms with Crippen LogP contribution in [0.25, 0.3) is 0 Å². The molecule has 1 saturated heterocycles. The van der Waals surface area contributed by atoms with Gasteiger partial charge < -0.3 is 25.6 Å². The highest BCUT2D eigenvalue weighted by Crippen LogP contribution is 2.16. The number of nitrogens with two attached hydrogens (primary N) is 1. The van der Waals surface area contributed by atoms with Crippen molar-refractivity contribution in [1.29, 1.82) is 0 Å². The number of hydrogen-bond acceptors (Lipinski definition) is 6. The van der Waals surface area contributed by atoms with E-state index in [0.717, 1.165) is 19.4 Å². The fourth-order valence-electron chi connectivity index (χ4n) is 2.18. The molecule has 3 atom stereocenters. The molecule has 4 N–H and O–H groups in total. The summed E-state index contributed by atoms with van der Waals surface area (Å²) in [6.45, 7) is 4.51. The Morgan fingerprint density at radius 1 is 1.70 bits per heavy atom. The minimum absolute atomic E-state index is 0.130. The normalized spacial score (nSPS) is 21.8. The van der Waals surface area contributed by atoms with Gasteiger partial charge in [0.2, 0.25) is 5.89 Å². The van der Waals surface area contributed by atoms with Crippen LogP contribution in [0.3, 0.4) is 0 Å². The highest BCUT2D eigenvalue weighted by atomic mass is 16.5. The summed E-state index contributed by atoms with van der Waals surface area (Å²) in [6.07, 6.45) is 1.30. The lowest BCUT2D eigenvalue weighted by Crippen LogP contribution is -2.41. The number of rotatable bonds is 4. The van der Waals surface area contributed by atoms with Crippen molar-refractivity contribution in [1.82, 2.24) is 20.4 Å². The Kier molecular flexibility index (Phi) is 4.56. The lowest BCUT2D eigenvalue weighted by Gasteiger charge is -2.21. The Morgan fingerprint density at radius 3 is 3.05 bits per heavy atom. The van der Waals surface area contributed by atoms with Crippen molar-refractivity contribution >= 4 is 6.03 Å². The highest BCUT2D eigenvalue weighted by molar-refractivity contribution is 5.74. The van der Waals surface area contributed by atoms with Gasteiger partial charge in [0.1, 0.15) is 0 Å². The molecule has 1 aromatic rings. The molecule has 2 heterocycles. The van der Waals surface area contributed by atoms with Crippen LogP contribution in [0.2, 0.25) is 0 Å². The van der Waals surface area contributed by atoms with Gasteiger partial charge in [-0.15, -0.1) is 0 Å². The van der Waals surface area contributed by atoms with E-state index in [1.165, 1.54) is 0 Å². The number of aliphatic hydroxyl groups excluding tert-OH is 1. The van der Waals surface area contributed by atoms with Gasteiger partial charge in [-0.05, 0) is 26.7 Å². The minimum atomic E-state index is -0.763. The summed E-state index contributed by atoms with van der Waals surface area (Å²) in [4.78, 5) is 17.8. The first kappa shape index (κ1) is 14.7. The molecule has 1 aliphatic heterocycles. The molecule has 112 valence electrons. The topological polar surface area (TPSA) is 118 Å². The number of aromatic nitrogens is 2. The summed E-state index contributed by atoms with van der Waals surface area (Å²) in [6, 6.07) is -0.562. The summed E-state index contributed by atoms with van der Waals surface area (Å²) < 4.78 is 4.99. The van der Waals surface area contributed by atoms with E-state index in [9.17, 15) is 9.90 Å². The van der Waals surface area contributed by atoms with E-state index in [1.807, 2.05) is 6.92 Å². The monoisotopic (exact) mass is 283 g/mol. The Balaban J connectivity index is 1.86. The molecule has 3 unspecified atom stereocenters. The lowest BCUT2D eigenvalue weighted by molar-refractivity contribution is 0.159. The molecule has 0 spiro atoms. The maximum absolute atomic E-state index is 11.9. The van der Waals surface area contributed by atoms with E-state index < -0.39 is 12.1 Å². The molecule has 20 heavy (non-hydrogen) atoms. The molecule has 0 aliphatic carbocycles. The van der Waals surface area contributed by atoms with Crippen LogP contribution < -0.4 is 11.1 Å². The van der Waals surface area contributed by atoms with E-state index in [1.54, 1.807) is 11.8 Å². The second-order valence-electron chi connectivity index (χ2n) is 5.16. The molecule has 1 fully saturated rings. The summed E-state index contributed by atoms with van der Waals surface area (Å²) in [7, 11) is 0. The molecule has 2 rings (SSSR count). The van der Waals surface area contributed by atoms with E-state index >= 15 is 0 Å². The summed E-state index contributed by atoms with van der Waals surface area (Å²) in [5.41, 5.74) is 5.69. The summed E-state index contributed by atoms with van der Waals surface area (Å²) in [5, 5.41) is 15.8. The Morgan fingerprint density at radius 2 is 2.45 bits per heavy atom. The third-order valence-electron chi connectivity index (χ3n) is 3.51. The van der Waals surface area contributed by atoms with Crippen LogP contribution in [0, 0.1) is 0 Å². The van der Waals surface area contributed by atoms with Crippen molar-refractivity contribution in [3.8, 4) is 0 Å². The number of urea groups is 1. The molecule has 0 saturated carbocycles. The van der Waals surface area contributed by atoms with Crippen molar-refractivity contribution in [3.05, 3.63) is 11.7 Å². The maximum Gasteiger partial charge on any atom is 0.318 e. The molecule has 8 nitrogen and oxygen atoms in total. The van der Waals surface area contributed by atoms with Gasteiger partial charge in [-0.2, -0.15) is 4.98 Å². The Hall–Kier alpha value is -1.67. The molecular weight excluding hydrogens is 262 g/mol. The summed E-state index contributed by atoms with van der Waals surface area (Å²) >= 11 is 0. The van der Waals surface area contributed by atoms with Crippen LogP contribution in [-0.2, 0) is 6.54 Å². The standard InChI is InChI=1S/C12H21N5O3/c1-7-4-3-5-17(7)12(19)14-6-9-15-11(16-20-9)10(13)8(2)18/h7-8,10,18H,3-6,13H2,1-2H3,(H,14,19). The van der Waals surface area contributed by atoms with Crippen molar-refractivity contribution in [2.24, 2.45) is 5.73 Å². The van der Waals surface area contributed by atoms with Crippen molar-refractivity contribution in [3.63, 3.8) is 0 Å². The van der Waals surface area contributed by atoms with E-state index in [4.69, 9.17) is 10.3 Å². The summed E-state index contributed by atoms with van der Waals surface area (Å²) in [5.74, 6) is 0.509. The third-order valence-corrected chi connectivity index (χ3v) is 3.51. The number of likely N-dealkylation sites (tertiary alicyclic amines) is 1. The number of hydrogen-bond donors (Lipinski definition) is 3. The van der Waals surface area contributed by atoms with E-state index in [2.05, 4.69) is 15.5 Å². The molecule has 0 aromatic carbocycles. The number of carbonyl (C=O) groups excluding carboxylic acids is 1. The van der Waals surface area contributed by atoms with Gasteiger partial charge in [0.15, 0.2) is 5.82 Å². The van der Waals surface area contributed by atoms with Gasteiger partial charge in [-0.25, -0.2) is 4.79 Å². The number of carbonyl (C=O) groups is 1. The van der Waals surface area contributed by atoms with Gasteiger partial charge >= 0.3 is 6.03 Å². The molecule has 0 bridgehead atoms. The average Bonchev–Trinajstić information content (AvgIpc) is 3.03. The molecule has 8 heteroatoms. The maximum atomic E-state index is 11.9. The largest absolute Gasteiger partial charge is 0.391 e. The first-order valence-electron chi connectivity index (χ1n) is 6.79. The number of nitrogens with one attached hydrogen (secondary N) is 1. The number of aliphatic hydroxyl groups is 1. The van der Waals surface area contributed by atoms with Crippen molar-refractivity contribution in [2.75, 3.05) is 6.54 Å². The smallest absolute Gasteiger partial charge is 0.318 e. The fraction of sp³-hybridized carbons (Fsp3) is 0.750. The quantitative estimate of drug-likeness (QED) is 0.723. The molecule has 2 amide bonds. The van der Waals surface area contributed by atoms with Crippen LogP contribution in [0.1, 0.15) is 44.4 Å². The van der Waals surface area contributed by atoms with Crippen LogP contribution in [0.5, 0.6) is 0 Å². The molecule has 1 aromatic heterocycles. The first-order valence-corrected chi connectivity index (χ1v) is 6.79. The fourth-order valence-corrected chi connectivity index (χ4v) is 2.18. The first-order chi connectivity index (χ1) is 9.49. The van der Waals surface area contributed by atoms with Crippen LogP contribution in [-0.4, -0.2) is 44.9 Å². The van der Waals surface area contributed by atoms with Crippen LogP contribution >= 0.6 is 0 Å². The zero-order valence-electron chi connectivity index (χ0n) is 11.7. The number of nitrogens with zero attached hydrogens (tertiary/aromatic N) is 3. The average molecular weight is 283 g/mol. The number of amides is 2. The van der Waals surface area contributed by atoms with Crippen molar-refractivity contribution in [2.45, 2.75) is 51.4 Å².